The second kappa shape index (κ2) is 23.5. The van der Waals surface area contributed by atoms with Gasteiger partial charge in [0.15, 0.2) is 6.10 Å². The van der Waals surface area contributed by atoms with Gasteiger partial charge in [0.1, 0.15) is 16.7 Å². The van der Waals surface area contributed by atoms with Crippen LogP contribution < -0.4 is 10.6 Å². The van der Waals surface area contributed by atoms with Crippen molar-refractivity contribution < 1.29 is 33.8 Å². The van der Waals surface area contributed by atoms with Gasteiger partial charge in [-0.15, -0.1) is 11.3 Å². The normalized spacial score (nSPS) is 17.8. The van der Waals surface area contributed by atoms with Crippen molar-refractivity contribution in [2.45, 2.75) is 156 Å². The topological polar surface area (TPSA) is 158 Å². The lowest BCUT2D eigenvalue weighted by Gasteiger charge is -2.40. The number of nitrogens with one attached hydrogen (secondary N) is 2. The number of carbonyl (C=O) groups is 5. The van der Waals surface area contributed by atoms with E-state index < -0.39 is 42.0 Å². The van der Waals surface area contributed by atoms with Crippen LogP contribution in [0.1, 0.15) is 145 Å². The average molecular weight is 812 g/mol. The number of hydrogen-bond donors (Lipinski definition) is 3. The van der Waals surface area contributed by atoms with E-state index in [2.05, 4.69) is 27.4 Å². The van der Waals surface area contributed by atoms with E-state index in [9.17, 15) is 29.1 Å². The number of carboxylic acids is 1. The number of amides is 3. The number of nitrogens with zero attached hydrogens (tertiary/aromatic N) is 3. The standard InChI is InChI=1S/C44H69N5O7S/c1-10-12-13-15-23-49(43(53)39(30(6)11-2)47-41(52)36-17-14-16-22-48(36)9)37(28(3)4)26-38(56-32(8)50)42-46-35(27-57-42)40(51)45-34(24-31(7)44(54)55)25-33-20-18-29(5)19-21-33/h18-21,27-28,30-31,34,36-39H,10-17,22-26H2,1-9H3,(H,45,51)(H,47,52)(H,54,55)/t30-,31-,34+,36+,37+,38+,39-/m0/s1. The zero-order chi connectivity index (χ0) is 42.2. The molecule has 0 bridgehead atoms. The molecule has 0 radical (unpaired) electrons. The minimum Gasteiger partial charge on any atom is -0.481 e. The number of likely N-dealkylation sites (N-methyl/N-ethyl adjacent to an activating group) is 1. The number of benzene rings is 1. The van der Waals surface area contributed by atoms with E-state index in [0.717, 1.165) is 62.6 Å². The summed E-state index contributed by atoms with van der Waals surface area (Å²) >= 11 is 1.21. The summed E-state index contributed by atoms with van der Waals surface area (Å²) in [5.41, 5.74) is 2.22. The minimum atomic E-state index is -0.939. The molecule has 13 heteroatoms. The predicted molar refractivity (Wildman–Crippen MR) is 225 cm³/mol. The highest BCUT2D eigenvalue weighted by molar-refractivity contribution is 7.09. The number of hydrogen-bond acceptors (Lipinski definition) is 9. The molecule has 3 N–H and O–H groups in total. The Morgan fingerprint density at radius 3 is 2.30 bits per heavy atom. The second-order valence-electron chi connectivity index (χ2n) is 16.5. The molecule has 1 aromatic carbocycles. The molecule has 1 aliphatic heterocycles. The predicted octanol–water partition coefficient (Wildman–Crippen LogP) is 7.35. The first-order valence-corrected chi connectivity index (χ1v) is 22.0. The van der Waals surface area contributed by atoms with Gasteiger partial charge in [-0.3, -0.25) is 28.9 Å². The summed E-state index contributed by atoms with van der Waals surface area (Å²) < 4.78 is 5.92. The van der Waals surface area contributed by atoms with Gasteiger partial charge < -0.3 is 25.4 Å². The summed E-state index contributed by atoms with van der Waals surface area (Å²) in [4.78, 5) is 75.3. The number of aryl methyl sites for hydroxylation is 1. The minimum absolute atomic E-state index is 0.0440. The number of esters is 1. The number of aromatic nitrogens is 1. The molecule has 57 heavy (non-hydrogen) atoms. The van der Waals surface area contributed by atoms with Gasteiger partial charge in [0.2, 0.25) is 11.8 Å². The van der Waals surface area contributed by atoms with Crippen LogP contribution >= 0.6 is 11.3 Å². The summed E-state index contributed by atoms with van der Waals surface area (Å²) in [5.74, 6) is -2.98. The highest BCUT2D eigenvalue weighted by atomic mass is 32.1. The fraction of sp³-hybridized carbons (Fsp3) is 0.682. The highest BCUT2D eigenvalue weighted by Crippen LogP contribution is 2.32. The molecule has 3 rings (SSSR count). The van der Waals surface area contributed by atoms with Crippen LogP contribution in [-0.2, 0) is 30.3 Å². The van der Waals surface area contributed by atoms with E-state index in [1.165, 1.54) is 18.3 Å². The Labute approximate surface area is 344 Å². The fourth-order valence-corrected chi connectivity index (χ4v) is 8.41. The van der Waals surface area contributed by atoms with Crippen molar-refractivity contribution in [2.75, 3.05) is 20.1 Å². The number of carboxylic acid groups (broad SMARTS) is 1. The molecule has 1 aromatic heterocycles. The van der Waals surface area contributed by atoms with Crippen molar-refractivity contribution in [2.24, 2.45) is 17.8 Å². The Bertz CT molecular complexity index is 1600. The Kier molecular flexibility index (Phi) is 19.6. The first-order valence-electron chi connectivity index (χ1n) is 21.1. The summed E-state index contributed by atoms with van der Waals surface area (Å²) in [7, 11) is 1.96. The quantitative estimate of drug-likeness (QED) is 0.0771. The lowest BCUT2D eigenvalue weighted by Crippen LogP contribution is -2.59. The van der Waals surface area contributed by atoms with Crippen LogP contribution in [0.25, 0.3) is 0 Å². The zero-order valence-electron chi connectivity index (χ0n) is 35.8. The molecule has 1 saturated heterocycles. The van der Waals surface area contributed by atoms with E-state index in [1.807, 2.05) is 70.8 Å². The molecule has 3 amide bonds. The lowest BCUT2D eigenvalue weighted by atomic mass is 9.91. The van der Waals surface area contributed by atoms with E-state index in [4.69, 9.17) is 4.74 Å². The third-order valence-corrected chi connectivity index (χ3v) is 12.3. The number of ether oxygens (including phenoxy) is 1. The van der Waals surface area contributed by atoms with Crippen molar-refractivity contribution in [3.63, 3.8) is 0 Å². The Balaban J connectivity index is 1.92. The van der Waals surface area contributed by atoms with Gasteiger partial charge in [-0.25, -0.2) is 4.98 Å². The molecule has 1 fully saturated rings. The number of thiazole rings is 1. The third-order valence-electron chi connectivity index (χ3n) is 11.3. The maximum atomic E-state index is 14.8. The van der Waals surface area contributed by atoms with Crippen LogP contribution in [0.2, 0.25) is 0 Å². The van der Waals surface area contributed by atoms with Crippen LogP contribution in [0.3, 0.4) is 0 Å². The van der Waals surface area contributed by atoms with Crippen LogP contribution in [0.15, 0.2) is 29.6 Å². The van der Waals surface area contributed by atoms with Gasteiger partial charge in [-0.1, -0.05) is 103 Å². The maximum absolute atomic E-state index is 14.8. The second-order valence-corrected chi connectivity index (χ2v) is 17.4. The van der Waals surface area contributed by atoms with Crippen LogP contribution in [0, 0.1) is 24.7 Å². The Hall–Kier alpha value is -3.84. The zero-order valence-corrected chi connectivity index (χ0v) is 36.7. The molecule has 7 atom stereocenters. The number of likely N-dealkylation sites (tertiary alicyclic amines) is 1. The van der Waals surface area contributed by atoms with Crippen molar-refractivity contribution >= 4 is 41.0 Å². The van der Waals surface area contributed by atoms with E-state index in [0.29, 0.717) is 24.4 Å². The molecule has 318 valence electrons. The molecule has 2 aromatic rings. The molecular weight excluding hydrogens is 743 g/mol. The molecular formula is C44H69N5O7S. The molecule has 0 spiro atoms. The summed E-state index contributed by atoms with van der Waals surface area (Å²) in [6, 6.07) is 6.08. The number of carbonyl (C=O) groups excluding carboxylic acids is 4. The highest BCUT2D eigenvalue weighted by Gasteiger charge is 2.38. The molecule has 0 saturated carbocycles. The van der Waals surface area contributed by atoms with Gasteiger partial charge in [-0.05, 0) is 70.0 Å². The monoisotopic (exact) mass is 811 g/mol. The number of aliphatic carboxylic acids is 1. The van der Waals surface area contributed by atoms with E-state index in [-0.39, 0.29) is 54.3 Å². The maximum Gasteiger partial charge on any atom is 0.306 e. The third kappa shape index (κ3) is 14.8. The van der Waals surface area contributed by atoms with E-state index in [1.54, 1.807) is 12.3 Å². The lowest BCUT2D eigenvalue weighted by molar-refractivity contribution is -0.150. The Morgan fingerprint density at radius 2 is 1.70 bits per heavy atom. The summed E-state index contributed by atoms with van der Waals surface area (Å²) in [5, 5.41) is 17.9. The number of unbranched alkanes of at least 4 members (excludes halogenated alkanes) is 3. The first-order chi connectivity index (χ1) is 27.1. The fourth-order valence-electron chi connectivity index (χ4n) is 7.57. The van der Waals surface area contributed by atoms with Gasteiger partial charge in [0.25, 0.3) is 5.91 Å². The molecule has 2 heterocycles. The van der Waals surface area contributed by atoms with Gasteiger partial charge in [0, 0.05) is 37.4 Å². The largest absolute Gasteiger partial charge is 0.481 e. The average Bonchev–Trinajstić information content (AvgIpc) is 3.67. The van der Waals surface area contributed by atoms with Crippen LogP contribution in [-0.4, -0.2) is 93.9 Å². The van der Waals surface area contributed by atoms with Crippen molar-refractivity contribution in [3.8, 4) is 0 Å². The molecule has 0 unspecified atom stereocenters. The smallest absolute Gasteiger partial charge is 0.306 e. The van der Waals surface area contributed by atoms with Crippen LogP contribution in [0.5, 0.6) is 0 Å². The van der Waals surface area contributed by atoms with Crippen molar-refractivity contribution in [1.82, 2.24) is 25.4 Å². The number of piperidine rings is 1. The molecule has 0 aliphatic carbocycles. The van der Waals surface area contributed by atoms with E-state index >= 15 is 0 Å². The summed E-state index contributed by atoms with van der Waals surface area (Å²) in [6.45, 7) is 16.5. The first kappa shape index (κ1) is 47.5. The van der Waals surface area contributed by atoms with Crippen molar-refractivity contribution in [1.29, 1.82) is 0 Å². The SMILES string of the molecule is CCCCCCN(C(=O)[C@@H](NC(=O)[C@H]1CCCCN1C)[C@@H](C)CC)[C@H](C[C@@H](OC(C)=O)c1nc(C(=O)N[C@@H](Cc2ccc(C)cc2)C[C@H](C)C(=O)O)cs1)C(C)C. The Morgan fingerprint density at radius 1 is 1.00 bits per heavy atom. The number of rotatable bonds is 23. The molecule has 12 nitrogen and oxygen atoms in total. The van der Waals surface area contributed by atoms with Gasteiger partial charge >= 0.3 is 11.9 Å². The van der Waals surface area contributed by atoms with Crippen molar-refractivity contribution in [3.05, 3.63) is 51.5 Å². The summed E-state index contributed by atoms with van der Waals surface area (Å²) in [6.07, 6.45) is 7.40. The van der Waals surface area contributed by atoms with Gasteiger partial charge in [-0.2, -0.15) is 0 Å². The van der Waals surface area contributed by atoms with Gasteiger partial charge in [0.05, 0.1) is 12.0 Å². The molecule has 1 aliphatic rings. The van der Waals surface area contributed by atoms with Crippen LogP contribution in [0.4, 0.5) is 0 Å².